The molecule has 2 atom stereocenters. The molecule has 1 aliphatic rings. The maximum atomic E-state index is 12.8. The zero-order valence-corrected chi connectivity index (χ0v) is 13.4. The Morgan fingerprint density at radius 3 is 2.68 bits per heavy atom. The number of nitrogens with zero attached hydrogens (tertiary/aromatic N) is 3. The summed E-state index contributed by atoms with van der Waals surface area (Å²) >= 11 is 0. The summed E-state index contributed by atoms with van der Waals surface area (Å²) in [5.74, 6) is 0. The van der Waals surface area contributed by atoms with Crippen molar-refractivity contribution in [1.82, 2.24) is 14.1 Å². The highest BCUT2D eigenvalue weighted by atomic mass is 32.2. The first-order valence-corrected chi connectivity index (χ1v) is 8.66. The van der Waals surface area contributed by atoms with Gasteiger partial charge in [-0.05, 0) is 26.0 Å². The molecule has 3 rings (SSSR count). The van der Waals surface area contributed by atoms with Gasteiger partial charge in [-0.2, -0.15) is 9.40 Å². The lowest BCUT2D eigenvalue weighted by Crippen LogP contribution is -2.49. The van der Waals surface area contributed by atoms with Crippen LogP contribution in [0.2, 0.25) is 0 Å². The molecule has 22 heavy (non-hydrogen) atoms. The average Bonchev–Trinajstić information content (AvgIpc) is 3.01. The molecule has 1 aliphatic heterocycles. The first-order chi connectivity index (χ1) is 10.5. The lowest BCUT2D eigenvalue weighted by atomic mass is 10.2. The first kappa shape index (κ1) is 15.2. The molecule has 0 aliphatic carbocycles. The molecule has 0 bridgehead atoms. The third kappa shape index (κ3) is 2.79. The average molecular weight is 321 g/mol. The van der Waals surface area contributed by atoms with Gasteiger partial charge in [0.1, 0.15) is 4.90 Å². The van der Waals surface area contributed by atoms with E-state index in [1.165, 1.54) is 10.5 Å². The van der Waals surface area contributed by atoms with Crippen molar-refractivity contribution in [1.29, 1.82) is 0 Å². The zero-order chi connectivity index (χ0) is 15.7. The van der Waals surface area contributed by atoms with Crippen LogP contribution in [0.3, 0.4) is 0 Å². The Balaban J connectivity index is 1.91. The Kier molecular flexibility index (Phi) is 4.03. The highest BCUT2D eigenvalue weighted by molar-refractivity contribution is 7.89. The van der Waals surface area contributed by atoms with Gasteiger partial charge >= 0.3 is 0 Å². The van der Waals surface area contributed by atoms with Gasteiger partial charge in [-0.1, -0.05) is 18.2 Å². The molecule has 0 radical (unpaired) electrons. The summed E-state index contributed by atoms with van der Waals surface area (Å²) in [5, 5.41) is 4.17. The first-order valence-electron chi connectivity index (χ1n) is 7.22. The normalized spacial score (nSPS) is 23.5. The molecule has 0 amide bonds. The Morgan fingerprint density at radius 2 is 1.95 bits per heavy atom. The van der Waals surface area contributed by atoms with Crippen LogP contribution in [0.25, 0.3) is 5.69 Å². The minimum absolute atomic E-state index is 0.102. The number of para-hydroxylation sites is 1. The molecule has 0 spiro atoms. The van der Waals surface area contributed by atoms with Crippen molar-refractivity contribution in [3.8, 4) is 5.69 Å². The molecule has 0 N–H and O–H groups in total. The fourth-order valence-corrected chi connectivity index (χ4v) is 4.13. The number of rotatable bonds is 3. The molecule has 2 heterocycles. The molecule has 1 aromatic heterocycles. The number of morpholine rings is 1. The van der Waals surface area contributed by atoms with Crippen LogP contribution in [-0.4, -0.2) is 47.8 Å². The number of sulfonamides is 1. The van der Waals surface area contributed by atoms with Crippen molar-refractivity contribution < 1.29 is 13.2 Å². The summed E-state index contributed by atoms with van der Waals surface area (Å²) in [6.45, 7) is 4.50. The van der Waals surface area contributed by atoms with E-state index in [0.29, 0.717) is 13.2 Å². The summed E-state index contributed by atoms with van der Waals surface area (Å²) in [5.41, 5.74) is 0.826. The number of ether oxygens (including phenoxy) is 1. The standard InChI is InChI=1S/C15H19N3O3S/c1-12-11-21-13(2)9-18(12)22(19,20)15-8-16-17(10-15)14-6-4-3-5-7-14/h3-8,10,12-13H,9,11H2,1-2H3. The molecule has 6 nitrogen and oxygen atoms in total. The maximum Gasteiger partial charge on any atom is 0.246 e. The summed E-state index contributed by atoms with van der Waals surface area (Å²) < 4.78 is 34.2. The lowest BCUT2D eigenvalue weighted by molar-refractivity contribution is -0.0170. The largest absolute Gasteiger partial charge is 0.375 e. The van der Waals surface area contributed by atoms with Crippen LogP contribution >= 0.6 is 0 Å². The zero-order valence-electron chi connectivity index (χ0n) is 12.6. The van der Waals surface area contributed by atoms with Gasteiger partial charge in [0.05, 0.1) is 30.8 Å². The van der Waals surface area contributed by atoms with E-state index in [1.54, 1.807) is 10.9 Å². The van der Waals surface area contributed by atoms with Crippen molar-refractivity contribution in [3.63, 3.8) is 0 Å². The minimum atomic E-state index is -3.56. The van der Waals surface area contributed by atoms with Crippen LogP contribution < -0.4 is 0 Å². The number of hydrogen-bond donors (Lipinski definition) is 0. The van der Waals surface area contributed by atoms with Crippen LogP contribution in [0, 0.1) is 0 Å². The van der Waals surface area contributed by atoms with Crippen molar-refractivity contribution in [2.24, 2.45) is 0 Å². The quantitative estimate of drug-likeness (QED) is 0.862. The van der Waals surface area contributed by atoms with Crippen molar-refractivity contribution in [2.75, 3.05) is 13.2 Å². The highest BCUT2D eigenvalue weighted by Crippen LogP contribution is 2.22. The van der Waals surface area contributed by atoms with Gasteiger partial charge in [-0.15, -0.1) is 0 Å². The second kappa shape index (κ2) is 5.83. The fourth-order valence-electron chi connectivity index (χ4n) is 2.50. The van der Waals surface area contributed by atoms with Gasteiger partial charge in [-0.25, -0.2) is 13.1 Å². The van der Waals surface area contributed by atoms with E-state index in [9.17, 15) is 8.42 Å². The summed E-state index contributed by atoms with van der Waals surface area (Å²) in [7, 11) is -3.56. The number of benzene rings is 1. The molecule has 2 unspecified atom stereocenters. The van der Waals surface area contributed by atoms with Crippen LogP contribution in [-0.2, 0) is 14.8 Å². The van der Waals surface area contributed by atoms with Crippen molar-refractivity contribution in [2.45, 2.75) is 30.9 Å². The van der Waals surface area contributed by atoms with Crippen LogP contribution in [0.1, 0.15) is 13.8 Å². The van der Waals surface area contributed by atoms with E-state index in [2.05, 4.69) is 5.10 Å². The van der Waals surface area contributed by atoms with E-state index < -0.39 is 10.0 Å². The van der Waals surface area contributed by atoms with Gasteiger partial charge in [0.15, 0.2) is 0 Å². The Bertz CT molecular complexity index is 742. The molecular formula is C15H19N3O3S. The molecule has 0 saturated carbocycles. The number of aromatic nitrogens is 2. The molecular weight excluding hydrogens is 302 g/mol. The van der Waals surface area contributed by atoms with Gasteiger partial charge in [-0.3, -0.25) is 0 Å². The lowest BCUT2D eigenvalue weighted by Gasteiger charge is -2.35. The van der Waals surface area contributed by atoms with Crippen molar-refractivity contribution >= 4 is 10.0 Å². The van der Waals surface area contributed by atoms with E-state index >= 15 is 0 Å². The van der Waals surface area contributed by atoms with Gasteiger partial charge in [0.25, 0.3) is 0 Å². The van der Waals surface area contributed by atoms with Gasteiger partial charge in [0.2, 0.25) is 10.0 Å². The second-order valence-electron chi connectivity index (χ2n) is 5.52. The van der Waals surface area contributed by atoms with E-state index in [0.717, 1.165) is 5.69 Å². The molecule has 2 aromatic rings. The van der Waals surface area contributed by atoms with E-state index in [1.807, 2.05) is 44.2 Å². The van der Waals surface area contributed by atoms with E-state index in [4.69, 9.17) is 4.74 Å². The third-order valence-electron chi connectivity index (χ3n) is 3.74. The predicted octanol–water partition coefficient (Wildman–Crippen LogP) is 1.67. The fraction of sp³-hybridized carbons (Fsp3) is 0.400. The predicted molar refractivity (Wildman–Crippen MR) is 82.3 cm³/mol. The van der Waals surface area contributed by atoms with Gasteiger partial charge < -0.3 is 4.74 Å². The summed E-state index contributed by atoms with van der Waals surface area (Å²) in [6, 6.07) is 9.25. The molecule has 1 aromatic carbocycles. The SMILES string of the molecule is CC1CN(S(=O)(=O)c2cnn(-c3ccccc3)c2)C(C)CO1. The monoisotopic (exact) mass is 321 g/mol. The minimum Gasteiger partial charge on any atom is -0.375 e. The van der Waals surface area contributed by atoms with Crippen LogP contribution in [0.15, 0.2) is 47.6 Å². The van der Waals surface area contributed by atoms with Crippen LogP contribution in [0.4, 0.5) is 0 Å². The highest BCUT2D eigenvalue weighted by Gasteiger charge is 2.34. The van der Waals surface area contributed by atoms with E-state index in [-0.39, 0.29) is 17.0 Å². The number of hydrogen-bond acceptors (Lipinski definition) is 4. The Labute approximate surface area is 130 Å². The summed E-state index contributed by atoms with van der Waals surface area (Å²) in [6.07, 6.45) is 2.85. The topological polar surface area (TPSA) is 64.4 Å². The van der Waals surface area contributed by atoms with Crippen molar-refractivity contribution in [3.05, 3.63) is 42.7 Å². The van der Waals surface area contributed by atoms with Gasteiger partial charge in [0, 0.05) is 12.6 Å². The molecule has 118 valence electrons. The Hall–Kier alpha value is -1.70. The maximum absolute atomic E-state index is 12.8. The summed E-state index contributed by atoms with van der Waals surface area (Å²) in [4.78, 5) is 0.206. The Morgan fingerprint density at radius 1 is 1.23 bits per heavy atom. The molecule has 1 fully saturated rings. The molecule has 7 heteroatoms. The second-order valence-corrected chi connectivity index (χ2v) is 7.41. The third-order valence-corrected chi connectivity index (χ3v) is 5.67. The van der Waals surface area contributed by atoms with Crippen LogP contribution in [0.5, 0.6) is 0 Å². The molecule has 1 saturated heterocycles. The smallest absolute Gasteiger partial charge is 0.246 e.